The second-order valence-electron chi connectivity index (χ2n) is 2.89. The Balaban J connectivity index is 2.78. The van der Waals surface area contributed by atoms with E-state index >= 15 is 0 Å². The van der Waals surface area contributed by atoms with E-state index in [1.807, 2.05) is 36.4 Å². The first-order valence-corrected chi connectivity index (χ1v) is 5.00. The topological polar surface area (TPSA) is 29.1 Å². The molecule has 0 fully saturated rings. The second kappa shape index (κ2) is 5.50. The lowest BCUT2D eigenvalue weighted by atomic mass is 10.2. The molecule has 1 aromatic carbocycles. The third kappa shape index (κ3) is 3.66. The van der Waals surface area contributed by atoms with Gasteiger partial charge in [0.2, 0.25) is 5.91 Å². The summed E-state index contributed by atoms with van der Waals surface area (Å²) in [6.45, 7) is 1.50. The van der Waals surface area contributed by atoms with Gasteiger partial charge in [-0.05, 0) is 17.7 Å². The summed E-state index contributed by atoms with van der Waals surface area (Å²) in [6.07, 6.45) is 3.92. The van der Waals surface area contributed by atoms with Crippen molar-refractivity contribution in [3.8, 4) is 0 Å². The number of hydrogen-bond donors (Lipinski definition) is 2. The van der Waals surface area contributed by atoms with E-state index in [1.165, 1.54) is 6.92 Å². The van der Waals surface area contributed by atoms with E-state index in [2.05, 4.69) is 17.9 Å². The van der Waals surface area contributed by atoms with Gasteiger partial charge in [-0.3, -0.25) is 4.79 Å². The number of hydrogen-bond acceptors (Lipinski definition) is 2. The minimum absolute atomic E-state index is 0.0553. The number of benzene rings is 1. The van der Waals surface area contributed by atoms with Crippen LogP contribution in [0.1, 0.15) is 12.5 Å². The van der Waals surface area contributed by atoms with E-state index in [4.69, 9.17) is 0 Å². The maximum atomic E-state index is 10.8. The maximum Gasteiger partial charge on any atom is 0.221 e. The lowest BCUT2D eigenvalue weighted by Crippen LogP contribution is -2.05. The van der Waals surface area contributed by atoms with Crippen molar-refractivity contribution >= 4 is 30.3 Å². The molecule has 0 atom stereocenters. The molecule has 0 unspecified atom stereocenters. The highest BCUT2D eigenvalue weighted by Gasteiger charge is 1.94. The summed E-state index contributed by atoms with van der Waals surface area (Å²) in [6, 6.07) is 7.66. The summed E-state index contributed by atoms with van der Waals surface area (Å²) in [5, 5.41) is 2.73. The monoisotopic (exact) mass is 207 g/mol. The fraction of sp³-hybridized carbons (Fsp3) is 0.182. The Morgan fingerprint density at radius 1 is 1.57 bits per heavy atom. The molecule has 1 aromatic rings. The van der Waals surface area contributed by atoms with Crippen LogP contribution in [0.15, 0.2) is 30.3 Å². The molecular weight excluding hydrogens is 194 g/mol. The predicted molar refractivity (Wildman–Crippen MR) is 63.6 cm³/mol. The number of nitrogens with one attached hydrogen (secondary N) is 1. The summed E-state index contributed by atoms with van der Waals surface area (Å²) in [4.78, 5) is 10.8. The summed E-state index contributed by atoms with van der Waals surface area (Å²) < 4.78 is 0. The molecule has 0 bridgehead atoms. The number of rotatable bonds is 3. The van der Waals surface area contributed by atoms with Crippen LogP contribution in [0.4, 0.5) is 5.69 Å². The Hall–Kier alpha value is -1.22. The van der Waals surface area contributed by atoms with Crippen LogP contribution < -0.4 is 5.32 Å². The zero-order chi connectivity index (χ0) is 10.4. The normalized spacial score (nSPS) is 10.4. The van der Waals surface area contributed by atoms with Gasteiger partial charge in [-0.2, -0.15) is 12.6 Å². The van der Waals surface area contributed by atoms with Gasteiger partial charge in [-0.25, -0.2) is 0 Å². The Bertz CT molecular complexity index is 347. The van der Waals surface area contributed by atoms with E-state index in [-0.39, 0.29) is 5.91 Å². The van der Waals surface area contributed by atoms with Crippen LogP contribution in [0.5, 0.6) is 0 Å². The first-order chi connectivity index (χ1) is 6.72. The molecule has 0 aliphatic rings. The SMILES string of the molecule is CC(=O)Nc1cccc(C=CCS)c1. The Morgan fingerprint density at radius 2 is 2.36 bits per heavy atom. The first-order valence-electron chi connectivity index (χ1n) is 4.37. The van der Waals surface area contributed by atoms with Gasteiger partial charge in [0.25, 0.3) is 0 Å². The third-order valence-electron chi connectivity index (χ3n) is 1.62. The van der Waals surface area contributed by atoms with Gasteiger partial charge in [0.05, 0.1) is 0 Å². The summed E-state index contributed by atoms with van der Waals surface area (Å²) in [7, 11) is 0. The van der Waals surface area contributed by atoms with Gasteiger partial charge in [0.15, 0.2) is 0 Å². The highest BCUT2D eigenvalue weighted by molar-refractivity contribution is 7.80. The zero-order valence-electron chi connectivity index (χ0n) is 8.03. The molecule has 0 spiro atoms. The summed E-state index contributed by atoms with van der Waals surface area (Å²) in [5.41, 5.74) is 1.88. The van der Waals surface area contributed by atoms with Crippen LogP contribution in [-0.2, 0) is 4.79 Å². The van der Waals surface area contributed by atoms with E-state index in [1.54, 1.807) is 0 Å². The van der Waals surface area contributed by atoms with Crippen molar-refractivity contribution in [3.63, 3.8) is 0 Å². The summed E-state index contributed by atoms with van der Waals surface area (Å²) in [5.74, 6) is 0.657. The molecule has 1 N–H and O–H groups in total. The number of amides is 1. The molecule has 1 amide bonds. The number of carbonyl (C=O) groups excluding carboxylic acids is 1. The molecule has 14 heavy (non-hydrogen) atoms. The predicted octanol–water partition coefficient (Wildman–Crippen LogP) is 2.59. The first kappa shape index (κ1) is 10.9. The zero-order valence-corrected chi connectivity index (χ0v) is 8.92. The van der Waals surface area contributed by atoms with Crippen LogP contribution in [0, 0.1) is 0 Å². The molecule has 0 saturated heterocycles. The second-order valence-corrected chi connectivity index (χ2v) is 3.26. The van der Waals surface area contributed by atoms with E-state index < -0.39 is 0 Å². The van der Waals surface area contributed by atoms with Gasteiger partial charge in [0.1, 0.15) is 0 Å². The van der Waals surface area contributed by atoms with Gasteiger partial charge < -0.3 is 5.32 Å². The molecule has 3 heteroatoms. The lowest BCUT2D eigenvalue weighted by molar-refractivity contribution is -0.114. The minimum atomic E-state index is -0.0553. The van der Waals surface area contributed by atoms with Crippen molar-refractivity contribution in [2.45, 2.75) is 6.92 Å². The number of thiol groups is 1. The van der Waals surface area contributed by atoms with E-state index in [0.29, 0.717) is 5.75 Å². The lowest BCUT2D eigenvalue weighted by Gasteiger charge is -2.02. The van der Waals surface area contributed by atoms with Crippen molar-refractivity contribution in [1.82, 2.24) is 0 Å². The molecular formula is C11H13NOS. The van der Waals surface area contributed by atoms with Crippen molar-refractivity contribution in [2.24, 2.45) is 0 Å². The molecule has 0 heterocycles. The van der Waals surface area contributed by atoms with Crippen LogP contribution in [0.2, 0.25) is 0 Å². The highest BCUT2D eigenvalue weighted by atomic mass is 32.1. The van der Waals surface area contributed by atoms with Gasteiger partial charge in [-0.15, -0.1) is 0 Å². The summed E-state index contributed by atoms with van der Waals surface area (Å²) >= 11 is 4.08. The number of carbonyl (C=O) groups is 1. The fourth-order valence-corrected chi connectivity index (χ4v) is 1.22. The van der Waals surface area contributed by atoms with Crippen LogP contribution in [0.25, 0.3) is 6.08 Å². The van der Waals surface area contributed by atoms with Crippen LogP contribution in [-0.4, -0.2) is 11.7 Å². The van der Waals surface area contributed by atoms with E-state index in [9.17, 15) is 4.79 Å². The molecule has 2 nitrogen and oxygen atoms in total. The number of anilines is 1. The molecule has 74 valence electrons. The largest absolute Gasteiger partial charge is 0.326 e. The smallest absolute Gasteiger partial charge is 0.221 e. The van der Waals surface area contributed by atoms with E-state index in [0.717, 1.165) is 11.3 Å². The quantitative estimate of drug-likeness (QED) is 0.733. The molecule has 0 aliphatic heterocycles. The van der Waals surface area contributed by atoms with Crippen LogP contribution in [0.3, 0.4) is 0 Å². The van der Waals surface area contributed by atoms with Crippen molar-refractivity contribution in [3.05, 3.63) is 35.9 Å². The van der Waals surface area contributed by atoms with Crippen molar-refractivity contribution in [1.29, 1.82) is 0 Å². The fourth-order valence-electron chi connectivity index (χ4n) is 1.11. The van der Waals surface area contributed by atoms with Gasteiger partial charge >= 0.3 is 0 Å². The highest BCUT2D eigenvalue weighted by Crippen LogP contribution is 2.11. The third-order valence-corrected chi connectivity index (χ3v) is 1.83. The van der Waals surface area contributed by atoms with Crippen molar-refractivity contribution in [2.75, 3.05) is 11.1 Å². The molecule has 0 aromatic heterocycles. The minimum Gasteiger partial charge on any atom is -0.326 e. The Kier molecular flexibility index (Phi) is 4.26. The molecule has 0 radical (unpaired) electrons. The average Bonchev–Trinajstić information content (AvgIpc) is 2.14. The molecule has 0 aliphatic carbocycles. The molecule has 0 saturated carbocycles. The van der Waals surface area contributed by atoms with Gasteiger partial charge in [0, 0.05) is 18.4 Å². The average molecular weight is 207 g/mol. The molecule has 1 rings (SSSR count). The maximum absolute atomic E-state index is 10.8. The van der Waals surface area contributed by atoms with Crippen molar-refractivity contribution < 1.29 is 4.79 Å². The standard InChI is InChI=1S/C11H13NOS/c1-9(13)12-11-6-2-4-10(8-11)5-3-7-14/h2-6,8,14H,7H2,1H3,(H,12,13). The Labute approximate surface area is 89.4 Å². The Morgan fingerprint density at radius 3 is 3.00 bits per heavy atom. The van der Waals surface area contributed by atoms with Crippen LogP contribution >= 0.6 is 12.6 Å². The van der Waals surface area contributed by atoms with Gasteiger partial charge in [-0.1, -0.05) is 24.3 Å².